The molecule has 130 valence electrons. The summed E-state index contributed by atoms with van der Waals surface area (Å²) < 4.78 is 19.2. The molecule has 3 aromatic rings. The van der Waals surface area contributed by atoms with Crippen LogP contribution < -0.4 is 5.32 Å². The monoisotopic (exact) mass is 348 g/mol. The number of carbonyl (C=O) groups is 1. The number of anilines is 1. The van der Waals surface area contributed by atoms with Gasteiger partial charge in [0.25, 0.3) is 5.91 Å². The molecule has 1 N–H and O–H groups in total. The molecular weight excluding hydrogens is 331 g/mol. The van der Waals surface area contributed by atoms with Gasteiger partial charge < -0.3 is 9.84 Å². The van der Waals surface area contributed by atoms with Gasteiger partial charge in [0, 0.05) is 11.3 Å². The van der Waals surface area contributed by atoms with Crippen molar-refractivity contribution >= 4 is 11.6 Å². The Balaban J connectivity index is 1.86. The molecule has 0 unspecified atom stereocenters. The fourth-order valence-electron chi connectivity index (χ4n) is 2.41. The Morgan fingerprint density at radius 1 is 1.08 bits per heavy atom. The van der Waals surface area contributed by atoms with Crippen molar-refractivity contribution in [3.05, 3.63) is 82.0 Å². The summed E-state index contributed by atoms with van der Waals surface area (Å²) in [6.45, 7) is 5.52. The van der Waals surface area contributed by atoms with E-state index in [2.05, 4.69) is 22.3 Å². The highest BCUT2D eigenvalue weighted by Gasteiger charge is 2.13. The van der Waals surface area contributed by atoms with Gasteiger partial charge in [0.1, 0.15) is 11.6 Å². The zero-order chi connectivity index (χ0) is 18.7. The SMILES string of the molecule is Cc1ccc(NC(=O)c2cc(C#Cc3c(C)noc3C)ccc2F)cc1. The van der Waals surface area contributed by atoms with Crippen molar-refractivity contribution in [2.45, 2.75) is 20.8 Å². The van der Waals surface area contributed by atoms with Crippen molar-refractivity contribution in [1.82, 2.24) is 5.16 Å². The summed E-state index contributed by atoms with van der Waals surface area (Å²) in [5.41, 5.74) is 3.53. The third kappa shape index (κ3) is 3.81. The Labute approximate surface area is 151 Å². The zero-order valence-electron chi connectivity index (χ0n) is 14.7. The van der Waals surface area contributed by atoms with Crippen molar-refractivity contribution in [3.8, 4) is 11.8 Å². The molecule has 26 heavy (non-hydrogen) atoms. The Hall–Kier alpha value is -3.39. The zero-order valence-corrected chi connectivity index (χ0v) is 14.7. The lowest BCUT2D eigenvalue weighted by Gasteiger charge is -2.07. The minimum atomic E-state index is -0.600. The van der Waals surface area contributed by atoms with E-state index in [4.69, 9.17) is 4.52 Å². The van der Waals surface area contributed by atoms with E-state index in [9.17, 15) is 9.18 Å². The molecule has 0 bridgehead atoms. The molecule has 1 aromatic heterocycles. The average molecular weight is 348 g/mol. The van der Waals surface area contributed by atoms with Gasteiger partial charge in [0.2, 0.25) is 0 Å². The highest BCUT2D eigenvalue weighted by atomic mass is 19.1. The molecule has 0 aliphatic carbocycles. The second-order valence-electron chi connectivity index (χ2n) is 5.96. The van der Waals surface area contributed by atoms with Gasteiger partial charge in [-0.15, -0.1) is 0 Å². The third-order valence-electron chi connectivity index (χ3n) is 3.89. The van der Waals surface area contributed by atoms with Gasteiger partial charge in [-0.1, -0.05) is 34.7 Å². The summed E-state index contributed by atoms with van der Waals surface area (Å²) in [6.07, 6.45) is 0. The van der Waals surface area contributed by atoms with Crippen LogP contribution in [0.25, 0.3) is 0 Å². The molecule has 0 aliphatic rings. The van der Waals surface area contributed by atoms with Crippen molar-refractivity contribution in [3.63, 3.8) is 0 Å². The predicted octanol–water partition coefficient (Wildman–Crippen LogP) is 4.39. The van der Waals surface area contributed by atoms with E-state index in [1.807, 2.05) is 19.1 Å². The number of halogens is 1. The van der Waals surface area contributed by atoms with Gasteiger partial charge in [-0.05, 0) is 51.1 Å². The number of hydrogen-bond acceptors (Lipinski definition) is 3. The predicted molar refractivity (Wildman–Crippen MR) is 97.5 cm³/mol. The molecular formula is C21H17FN2O2. The Morgan fingerprint density at radius 2 is 1.81 bits per heavy atom. The summed E-state index contributed by atoms with van der Waals surface area (Å²) in [6, 6.07) is 11.5. The van der Waals surface area contributed by atoms with Crippen LogP contribution in [0.3, 0.4) is 0 Å². The summed E-state index contributed by atoms with van der Waals surface area (Å²) >= 11 is 0. The Kier molecular flexibility index (Phi) is 4.85. The standard InChI is InChI=1S/C21H17FN2O2/c1-13-4-8-17(9-5-13)23-21(25)19-12-16(7-11-20(19)22)6-10-18-14(2)24-26-15(18)3/h4-5,7-9,11-12H,1-3H3,(H,23,25). The van der Waals surface area contributed by atoms with E-state index in [0.717, 1.165) is 5.56 Å². The van der Waals surface area contributed by atoms with Crippen LogP contribution in [-0.2, 0) is 0 Å². The van der Waals surface area contributed by atoms with Crippen LogP contribution in [0.1, 0.15) is 38.5 Å². The second kappa shape index (κ2) is 7.24. The van der Waals surface area contributed by atoms with Crippen LogP contribution in [0, 0.1) is 38.4 Å². The van der Waals surface area contributed by atoms with Gasteiger partial charge in [-0.3, -0.25) is 4.79 Å². The first-order valence-corrected chi connectivity index (χ1v) is 8.06. The molecule has 4 nitrogen and oxygen atoms in total. The summed E-state index contributed by atoms with van der Waals surface area (Å²) in [5.74, 6) is 5.38. The molecule has 1 amide bonds. The first-order valence-electron chi connectivity index (χ1n) is 8.06. The van der Waals surface area contributed by atoms with Gasteiger partial charge in [-0.25, -0.2) is 4.39 Å². The van der Waals surface area contributed by atoms with Crippen LogP contribution >= 0.6 is 0 Å². The van der Waals surface area contributed by atoms with Crippen LogP contribution in [-0.4, -0.2) is 11.1 Å². The number of aromatic nitrogens is 1. The number of nitrogens with zero attached hydrogens (tertiary/aromatic N) is 1. The van der Waals surface area contributed by atoms with Crippen molar-refractivity contribution < 1.29 is 13.7 Å². The minimum absolute atomic E-state index is 0.0591. The summed E-state index contributed by atoms with van der Waals surface area (Å²) in [7, 11) is 0. The molecule has 1 heterocycles. The molecule has 0 saturated carbocycles. The normalized spacial score (nSPS) is 10.2. The van der Waals surface area contributed by atoms with Crippen LogP contribution in [0.4, 0.5) is 10.1 Å². The maximum absolute atomic E-state index is 14.1. The molecule has 0 spiro atoms. The first-order chi connectivity index (χ1) is 12.4. The number of rotatable bonds is 2. The molecule has 5 heteroatoms. The average Bonchev–Trinajstić information content (AvgIpc) is 2.94. The molecule has 3 rings (SSSR count). The van der Waals surface area contributed by atoms with E-state index in [0.29, 0.717) is 28.3 Å². The van der Waals surface area contributed by atoms with Gasteiger partial charge in [0.05, 0.1) is 16.8 Å². The maximum Gasteiger partial charge on any atom is 0.258 e. The Bertz CT molecular complexity index is 1000. The van der Waals surface area contributed by atoms with E-state index >= 15 is 0 Å². The van der Waals surface area contributed by atoms with E-state index in [1.54, 1.807) is 26.0 Å². The second-order valence-corrected chi connectivity index (χ2v) is 5.96. The lowest BCUT2D eigenvalue weighted by molar-refractivity contribution is 0.102. The van der Waals surface area contributed by atoms with Crippen molar-refractivity contribution in [2.24, 2.45) is 0 Å². The molecule has 0 saturated heterocycles. The van der Waals surface area contributed by atoms with Gasteiger partial charge >= 0.3 is 0 Å². The molecule has 0 atom stereocenters. The molecule has 0 aliphatic heterocycles. The largest absolute Gasteiger partial charge is 0.360 e. The lowest BCUT2D eigenvalue weighted by Crippen LogP contribution is -2.14. The summed E-state index contributed by atoms with van der Waals surface area (Å²) in [4.78, 5) is 12.4. The number of amides is 1. The number of aryl methyl sites for hydroxylation is 3. The van der Waals surface area contributed by atoms with E-state index < -0.39 is 11.7 Å². The minimum Gasteiger partial charge on any atom is -0.360 e. The smallest absolute Gasteiger partial charge is 0.258 e. The molecule has 0 fully saturated rings. The quantitative estimate of drug-likeness (QED) is 0.699. The molecule has 0 radical (unpaired) electrons. The highest BCUT2D eigenvalue weighted by molar-refractivity contribution is 6.04. The maximum atomic E-state index is 14.1. The number of benzene rings is 2. The first kappa shape index (κ1) is 17.4. The van der Waals surface area contributed by atoms with Crippen LogP contribution in [0.15, 0.2) is 47.0 Å². The van der Waals surface area contributed by atoms with Crippen molar-refractivity contribution in [1.29, 1.82) is 0 Å². The summed E-state index contributed by atoms with van der Waals surface area (Å²) in [5, 5.41) is 6.53. The Morgan fingerprint density at radius 3 is 2.46 bits per heavy atom. The lowest BCUT2D eigenvalue weighted by atomic mass is 10.1. The fourth-order valence-corrected chi connectivity index (χ4v) is 2.41. The molecule has 2 aromatic carbocycles. The topological polar surface area (TPSA) is 55.1 Å². The number of nitrogens with one attached hydrogen (secondary N) is 1. The van der Waals surface area contributed by atoms with Crippen LogP contribution in [0.5, 0.6) is 0 Å². The van der Waals surface area contributed by atoms with E-state index in [-0.39, 0.29) is 5.56 Å². The van der Waals surface area contributed by atoms with Gasteiger partial charge in [-0.2, -0.15) is 0 Å². The fraction of sp³-hybridized carbons (Fsp3) is 0.143. The van der Waals surface area contributed by atoms with Gasteiger partial charge in [0.15, 0.2) is 0 Å². The van der Waals surface area contributed by atoms with Crippen LogP contribution in [0.2, 0.25) is 0 Å². The number of hydrogen-bond donors (Lipinski definition) is 1. The number of carbonyl (C=O) groups excluding carboxylic acids is 1. The third-order valence-corrected chi connectivity index (χ3v) is 3.89. The van der Waals surface area contributed by atoms with Crippen molar-refractivity contribution in [2.75, 3.05) is 5.32 Å². The highest BCUT2D eigenvalue weighted by Crippen LogP contribution is 2.15. The van der Waals surface area contributed by atoms with E-state index in [1.165, 1.54) is 18.2 Å².